The summed E-state index contributed by atoms with van der Waals surface area (Å²) in [6.07, 6.45) is -0.167. The van der Waals surface area contributed by atoms with Crippen molar-refractivity contribution in [2.75, 3.05) is 10.6 Å². The molecule has 0 saturated heterocycles. The summed E-state index contributed by atoms with van der Waals surface area (Å²) in [4.78, 5) is 25.0. The second kappa shape index (κ2) is 9.50. The molecule has 148 valence electrons. The van der Waals surface area contributed by atoms with E-state index in [0.29, 0.717) is 29.1 Å². The lowest BCUT2D eigenvalue weighted by Crippen LogP contribution is -2.32. The third-order valence-electron chi connectivity index (χ3n) is 4.18. The second-order valence-electron chi connectivity index (χ2n) is 6.36. The molecular formula is C23H21FN2O3. The highest BCUT2D eigenvalue weighted by Crippen LogP contribution is 2.17. The molecule has 0 aromatic heterocycles. The van der Waals surface area contributed by atoms with Crippen LogP contribution in [0.5, 0.6) is 5.75 Å². The zero-order valence-corrected chi connectivity index (χ0v) is 15.9. The fourth-order valence-electron chi connectivity index (χ4n) is 2.68. The summed E-state index contributed by atoms with van der Waals surface area (Å²) in [6.45, 7) is 1.86. The molecular weight excluding hydrogens is 371 g/mol. The number of hydrogen-bond acceptors (Lipinski definition) is 3. The fraction of sp³-hybridized carbons (Fsp3) is 0.130. The van der Waals surface area contributed by atoms with Crippen LogP contribution >= 0.6 is 0 Å². The van der Waals surface area contributed by atoms with Crippen molar-refractivity contribution in [3.05, 3.63) is 90.2 Å². The molecule has 5 nitrogen and oxygen atoms in total. The highest BCUT2D eigenvalue weighted by molar-refractivity contribution is 6.05. The average molecular weight is 392 g/mol. The Morgan fingerprint density at radius 2 is 1.62 bits per heavy atom. The maximum Gasteiger partial charge on any atom is 0.265 e. The molecule has 0 radical (unpaired) electrons. The molecule has 0 bridgehead atoms. The Bertz CT molecular complexity index is 975. The van der Waals surface area contributed by atoms with Crippen LogP contribution in [0, 0.1) is 5.82 Å². The van der Waals surface area contributed by atoms with E-state index in [2.05, 4.69) is 10.6 Å². The number of benzene rings is 3. The van der Waals surface area contributed by atoms with E-state index in [9.17, 15) is 14.0 Å². The predicted molar refractivity (Wildman–Crippen MR) is 111 cm³/mol. The number of halogens is 1. The smallest absolute Gasteiger partial charge is 0.265 e. The van der Waals surface area contributed by atoms with Crippen molar-refractivity contribution in [2.45, 2.75) is 19.4 Å². The molecule has 3 rings (SSSR count). The van der Waals surface area contributed by atoms with E-state index in [1.807, 2.05) is 25.1 Å². The molecule has 3 aromatic rings. The molecule has 3 aromatic carbocycles. The Balaban J connectivity index is 1.65. The monoisotopic (exact) mass is 392 g/mol. The highest BCUT2D eigenvalue weighted by atomic mass is 19.1. The largest absolute Gasteiger partial charge is 0.481 e. The second-order valence-corrected chi connectivity index (χ2v) is 6.36. The summed E-state index contributed by atoms with van der Waals surface area (Å²) >= 11 is 0. The number of ether oxygens (including phenoxy) is 1. The Hall–Kier alpha value is -3.67. The Kier molecular flexibility index (Phi) is 6.58. The van der Waals surface area contributed by atoms with Crippen LogP contribution in [0.25, 0.3) is 0 Å². The van der Waals surface area contributed by atoms with E-state index >= 15 is 0 Å². The zero-order chi connectivity index (χ0) is 20.6. The predicted octanol–water partition coefficient (Wildman–Crippen LogP) is 4.87. The molecule has 0 spiro atoms. The summed E-state index contributed by atoms with van der Waals surface area (Å²) in [7, 11) is 0. The van der Waals surface area contributed by atoms with Crippen molar-refractivity contribution in [2.24, 2.45) is 0 Å². The Morgan fingerprint density at radius 1 is 0.897 bits per heavy atom. The molecule has 29 heavy (non-hydrogen) atoms. The van der Waals surface area contributed by atoms with Gasteiger partial charge in [0.25, 0.3) is 11.8 Å². The van der Waals surface area contributed by atoms with E-state index in [4.69, 9.17) is 4.74 Å². The molecule has 2 amide bonds. The van der Waals surface area contributed by atoms with E-state index < -0.39 is 6.10 Å². The van der Waals surface area contributed by atoms with Gasteiger partial charge in [0, 0.05) is 16.9 Å². The first-order chi connectivity index (χ1) is 14.0. The van der Waals surface area contributed by atoms with E-state index in [-0.39, 0.29) is 17.6 Å². The number of para-hydroxylation sites is 1. The fourth-order valence-corrected chi connectivity index (χ4v) is 2.68. The Labute approximate surface area is 168 Å². The van der Waals surface area contributed by atoms with Crippen LogP contribution in [-0.4, -0.2) is 17.9 Å². The SMILES string of the molecule is CCC(Oc1ccccc1)C(=O)Nc1cccc(C(=O)Nc2ccc(F)cc2)c1. The van der Waals surface area contributed by atoms with Crippen molar-refractivity contribution >= 4 is 23.2 Å². The molecule has 1 unspecified atom stereocenters. The van der Waals surface area contributed by atoms with Gasteiger partial charge < -0.3 is 15.4 Å². The lowest BCUT2D eigenvalue weighted by Gasteiger charge is -2.17. The van der Waals surface area contributed by atoms with Gasteiger partial charge in [0.05, 0.1) is 0 Å². The van der Waals surface area contributed by atoms with Gasteiger partial charge in [-0.15, -0.1) is 0 Å². The summed E-state index contributed by atoms with van der Waals surface area (Å²) < 4.78 is 18.7. The first-order valence-corrected chi connectivity index (χ1v) is 9.24. The van der Waals surface area contributed by atoms with Gasteiger partial charge in [0.2, 0.25) is 0 Å². The van der Waals surface area contributed by atoms with Crippen LogP contribution in [0.4, 0.5) is 15.8 Å². The molecule has 0 saturated carbocycles. The lowest BCUT2D eigenvalue weighted by molar-refractivity contribution is -0.122. The molecule has 0 aliphatic rings. The maximum absolute atomic E-state index is 13.0. The summed E-state index contributed by atoms with van der Waals surface area (Å²) in [5.41, 5.74) is 1.33. The van der Waals surface area contributed by atoms with Crippen LogP contribution in [0.2, 0.25) is 0 Å². The maximum atomic E-state index is 13.0. The van der Waals surface area contributed by atoms with Gasteiger partial charge >= 0.3 is 0 Å². The standard InChI is InChI=1S/C23H21FN2O3/c1-2-21(29-20-9-4-3-5-10-20)23(28)26-19-8-6-7-16(15-19)22(27)25-18-13-11-17(24)12-14-18/h3-15,21H,2H2,1H3,(H,25,27)(H,26,28). The number of anilines is 2. The molecule has 2 N–H and O–H groups in total. The van der Waals surface area contributed by atoms with Crippen molar-refractivity contribution in [1.29, 1.82) is 0 Å². The zero-order valence-electron chi connectivity index (χ0n) is 15.9. The number of nitrogens with one attached hydrogen (secondary N) is 2. The topological polar surface area (TPSA) is 67.4 Å². The van der Waals surface area contributed by atoms with Crippen LogP contribution < -0.4 is 15.4 Å². The molecule has 0 heterocycles. The van der Waals surface area contributed by atoms with Crippen molar-refractivity contribution in [3.8, 4) is 5.75 Å². The first kappa shape index (κ1) is 20.1. The summed E-state index contributed by atoms with van der Waals surface area (Å²) in [5.74, 6) is -0.425. The lowest BCUT2D eigenvalue weighted by atomic mass is 10.1. The number of amides is 2. The van der Waals surface area contributed by atoms with Gasteiger partial charge in [-0.05, 0) is 61.0 Å². The third-order valence-corrected chi connectivity index (χ3v) is 4.18. The number of hydrogen-bond donors (Lipinski definition) is 2. The minimum Gasteiger partial charge on any atom is -0.481 e. The number of carbonyl (C=O) groups is 2. The van der Waals surface area contributed by atoms with E-state index in [1.165, 1.54) is 24.3 Å². The highest BCUT2D eigenvalue weighted by Gasteiger charge is 2.19. The minimum absolute atomic E-state index is 0.299. The number of carbonyl (C=O) groups excluding carboxylic acids is 2. The van der Waals surface area contributed by atoms with Crippen LogP contribution in [0.15, 0.2) is 78.9 Å². The van der Waals surface area contributed by atoms with Crippen LogP contribution in [0.1, 0.15) is 23.7 Å². The van der Waals surface area contributed by atoms with Gasteiger partial charge in [0.1, 0.15) is 11.6 Å². The van der Waals surface area contributed by atoms with E-state index in [1.54, 1.807) is 36.4 Å². The third kappa shape index (κ3) is 5.65. The first-order valence-electron chi connectivity index (χ1n) is 9.24. The van der Waals surface area contributed by atoms with Crippen LogP contribution in [0.3, 0.4) is 0 Å². The molecule has 6 heteroatoms. The molecule has 0 aliphatic carbocycles. The summed E-state index contributed by atoms with van der Waals surface area (Å²) in [5, 5.41) is 5.48. The van der Waals surface area contributed by atoms with Crippen LogP contribution in [-0.2, 0) is 4.79 Å². The van der Waals surface area contributed by atoms with Crippen molar-refractivity contribution in [1.82, 2.24) is 0 Å². The van der Waals surface area contributed by atoms with Gasteiger partial charge in [-0.25, -0.2) is 4.39 Å². The molecule has 0 fully saturated rings. The average Bonchev–Trinajstić information content (AvgIpc) is 2.74. The van der Waals surface area contributed by atoms with Crippen molar-refractivity contribution in [3.63, 3.8) is 0 Å². The van der Waals surface area contributed by atoms with Gasteiger partial charge in [0.15, 0.2) is 6.10 Å². The minimum atomic E-state index is -0.658. The summed E-state index contributed by atoms with van der Waals surface area (Å²) in [6, 6.07) is 21.2. The molecule has 1 atom stereocenters. The van der Waals surface area contributed by atoms with Gasteiger partial charge in [-0.3, -0.25) is 9.59 Å². The van der Waals surface area contributed by atoms with Crippen molar-refractivity contribution < 1.29 is 18.7 Å². The number of rotatable bonds is 7. The van der Waals surface area contributed by atoms with E-state index in [0.717, 1.165) is 0 Å². The van der Waals surface area contributed by atoms with Gasteiger partial charge in [-0.2, -0.15) is 0 Å². The van der Waals surface area contributed by atoms with Gasteiger partial charge in [-0.1, -0.05) is 31.2 Å². The molecule has 0 aliphatic heterocycles. The quantitative estimate of drug-likeness (QED) is 0.603. The Morgan fingerprint density at radius 3 is 2.31 bits per heavy atom. The normalized spacial score (nSPS) is 11.4.